The van der Waals surface area contributed by atoms with Crippen LogP contribution in [0, 0.1) is 0 Å². The fraction of sp³-hybridized carbons (Fsp3) is 0.182. The molecule has 0 amide bonds. The van der Waals surface area contributed by atoms with Crippen LogP contribution in [0.25, 0.3) is 0 Å². The van der Waals surface area contributed by atoms with Crippen LogP contribution in [0.5, 0.6) is 5.75 Å². The molecule has 1 unspecified atom stereocenters. The molecule has 0 saturated heterocycles. The zero-order chi connectivity index (χ0) is 17.3. The molecule has 2 nitrogen and oxygen atoms in total. The number of phenolic OH excluding ortho intramolecular Hbond substituents is 1. The summed E-state index contributed by atoms with van der Waals surface area (Å²) in [7, 11) is 0. The summed E-state index contributed by atoms with van der Waals surface area (Å²) in [6.07, 6.45) is 1.07. The van der Waals surface area contributed by atoms with E-state index in [4.69, 9.17) is 0 Å². The Labute approximate surface area is 153 Å². The van der Waals surface area contributed by atoms with Gasteiger partial charge in [-0.15, -0.1) is 11.8 Å². The molecule has 0 spiro atoms. The summed E-state index contributed by atoms with van der Waals surface area (Å²) in [6.45, 7) is 0.897. The Morgan fingerprint density at radius 2 is 1.44 bits per heavy atom. The maximum atomic E-state index is 10.2. The molecule has 0 heterocycles. The van der Waals surface area contributed by atoms with E-state index in [9.17, 15) is 5.11 Å². The third kappa shape index (κ3) is 5.12. The molecule has 0 aromatic heterocycles. The van der Waals surface area contributed by atoms with Gasteiger partial charge in [0, 0.05) is 10.5 Å². The number of thioether (sulfide) groups is 1. The standard InChI is InChI=1S/C22H23NOS/c24-21-15-8-7-14-20(21)22(18-10-3-1-4-11-18)23-16-9-17-25-19-12-5-2-6-13-19/h1-8,10-15,22-24H,9,16-17H2. The first-order valence-corrected chi connectivity index (χ1v) is 9.57. The van der Waals surface area contributed by atoms with E-state index in [0.717, 1.165) is 24.3 Å². The van der Waals surface area contributed by atoms with Crippen LogP contribution < -0.4 is 5.32 Å². The van der Waals surface area contributed by atoms with Crippen LogP contribution in [0.1, 0.15) is 23.6 Å². The summed E-state index contributed by atoms with van der Waals surface area (Å²) in [5.41, 5.74) is 2.09. The molecule has 0 saturated carbocycles. The number of hydrogen-bond donors (Lipinski definition) is 2. The lowest BCUT2D eigenvalue weighted by molar-refractivity contribution is 0.457. The molecule has 3 aromatic rings. The molecular formula is C22H23NOS. The van der Waals surface area contributed by atoms with Gasteiger partial charge in [-0.05, 0) is 42.5 Å². The first-order valence-electron chi connectivity index (χ1n) is 8.58. The van der Waals surface area contributed by atoms with E-state index in [1.54, 1.807) is 6.07 Å². The van der Waals surface area contributed by atoms with Gasteiger partial charge >= 0.3 is 0 Å². The van der Waals surface area contributed by atoms with Crippen molar-refractivity contribution in [3.05, 3.63) is 96.1 Å². The van der Waals surface area contributed by atoms with Crippen molar-refractivity contribution in [2.45, 2.75) is 17.4 Å². The number of aromatic hydroxyl groups is 1. The molecule has 0 fully saturated rings. The summed E-state index contributed by atoms with van der Waals surface area (Å²) in [5.74, 6) is 1.40. The minimum atomic E-state index is 0.00382. The molecule has 0 bridgehead atoms. The lowest BCUT2D eigenvalue weighted by Gasteiger charge is -2.21. The Bertz CT molecular complexity index is 761. The van der Waals surface area contributed by atoms with Gasteiger partial charge in [0.15, 0.2) is 0 Å². The third-order valence-corrected chi connectivity index (χ3v) is 5.16. The van der Waals surface area contributed by atoms with Crippen molar-refractivity contribution >= 4 is 11.8 Å². The number of rotatable bonds is 8. The number of nitrogens with one attached hydrogen (secondary N) is 1. The predicted molar refractivity (Wildman–Crippen MR) is 106 cm³/mol. The van der Waals surface area contributed by atoms with E-state index < -0.39 is 0 Å². The van der Waals surface area contributed by atoms with E-state index in [1.807, 2.05) is 54.2 Å². The summed E-state index contributed by atoms with van der Waals surface area (Å²) in [5, 5.41) is 13.9. The molecule has 3 rings (SSSR count). The second-order valence-corrected chi connectivity index (χ2v) is 7.04. The average Bonchev–Trinajstić information content (AvgIpc) is 2.67. The van der Waals surface area contributed by atoms with Crippen LogP contribution in [-0.2, 0) is 0 Å². The minimum Gasteiger partial charge on any atom is -0.508 e. The predicted octanol–water partition coefficient (Wildman–Crippen LogP) is 5.25. The Balaban J connectivity index is 1.60. The topological polar surface area (TPSA) is 32.3 Å². The van der Waals surface area contributed by atoms with Crippen LogP contribution in [0.2, 0.25) is 0 Å². The second kappa shape index (κ2) is 9.30. The summed E-state index contributed by atoms with van der Waals surface area (Å²) in [4.78, 5) is 1.31. The van der Waals surface area contributed by atoms with Crippen molar-refractivity contribution in [3.63, 3.8) is 0 Å². The summed E-state index contributed by atoms with van der Waals surface area (Å²) < 4.78 is 0. The fourth-order valence-electron chi connectivity index (χ4n) is 2.81. The maximum absolute atomic E-state index is 10.2. The molecule has 0 aliphatic carbocycles. The van der Waals surface area contributed by atoms with E-state index in [-0.39, 0.29) is 6.04 Å². The summed E-state index contributed by atoms with van der Waals surface area (Å²) >= 11 is 1.88. The highest BCUT2D eigenvalue weighted by Crippen LogP contribution is 2.29. The third-order valence-electron chi connectivity index (χ3n) is 4.06. The van der Waals surface area contributed by atoms with Crippen molar-refractivity contribution in [2.75, 3.05) is 12.3 Å². The molecule has 0 radical (unpaired) electrons. The normalized spacial score (nSPS) is 12.0. The lowest BCUT2D eigenvalue weighted by atomic mass is 9.98. The monoisotopic (exact) mass is 349 g/mol. The van der Waals surface area contributed by atoms with E-state index >= 15 is 0 Å². The second-order valence-electron chi connectivity index (χ2n) is 5.87. The molecule has 2 N–H and O–H groups in total. The molecule has 3 heteroatoms. The van der Waals surface area contributed by atoms with Crippen LogP contribution in [0.3, 0.4) is 0 Å². The minimum absolute atomic E-state index is 0.00382. The van der Waals surface area contributed by atoms with Crippen LogP contribution in [0.15, 0.2) is 89.8 Å². The lowest BCUT2D eigenvalue weighted by Crippen LogP contribution is -2.24. The largest absolute Gasteiger partial charge is 0.508 e. The van der Waals surface area contributed by atoms with E-state index in [1.165, 1.54) is 10.5 Å². The first kappa shape index (κ1) is 17.6. The fourth-order valence-corrected chi connectivity index (χ4v) is 3.68. The smallest absolute Gasteiger partial charge is 0.120 e. The molecule has 1 atom stereocenters. The van der Waals surface area contributed by atoms with Crippen molar-refractivity contribution in [1.82, 2.24) is 5.32 Å². The quantitative estimate of drug-likeness (QED) is 0.430. The van der Waals surface area contributed by atoms with Gasteiger partial charge in [-0.3, -0.25) is 0 Å². The van der Waals surface area contributed by atoms with Gasteiger partial charge in [0.2, 0.25) is 0 Å². The zero-order valence-electron chi connectivity index (χ0n) is 14.1. The van der Waals surface area contributed by atoms with Crippen LogP contribution >= 0.6 is 11.8 Å². The Morgan fingerprint density at radius 1 is 0.800 bits per heavy atom. The number of phenols is 1. The maximum Gasteiger partial charge on any atom is 0.120 e. The van der Waals surface area contributed by atoms with Gasteiger partial charge in [-0.1, -0.05) is 66.7 Å². The Morgan fingerprint density at radius 3 is 2.16 bits per heavy atom. The molecule has 25 heavy (non-hydrogen) atoms. The van der Waals surface area contributed by atoms with Crippen molar-refractivity contribution < 1.29 is 5.11 Å². The molecule has 3 aromatic carbocycles. The number of para-hydroxylation sites is 1. The highest BCUT2D eigenvalue weighted by molar-refractivity contribution is 7.99. The average molecular weight is 349 g/mol. The summed E-state index contributed by atoms with van der Waals surface area (Å²) in [6, 6.07) is 28.3. The molecular weight excluding hydrogens is 326 g/mol. The van der Waals surface area contributed by atoms with Crippen molar-refractivity contribution in [2.24, 2.45) is 0 Å². The number of benzene rings is 3. The Kier molecular flexibility index (Phi) is 6.55. The molecule has 128 valence electrons. The van der Waals surface area contributed by atoms with E-state index in [2.05, 4.69) is 41.7 Å². The van der Waals surface area contributed by atoms with Gasteiger partial charge in [-0.25, -0.2) is 0 Å². The van der Waals surface area contributed by atoms with Crippen molar-refractivity contribution in [3.8, 4) is 5.75 Å². The SMILES string of the molecule is Oc1ccccc1C(NCCCSc1ccccc1)c1ccccc1. The van der Waals surface area contributed by atoms with E-state index in [0.29, 0.717) is 5.75 Å². The van der Waals surface area contributed by atoms with Gasteiger partial charge < -0.3 is 10.4 Å². The highest BCUT2D eigenvalue weighted by atomic mass is 32.2. The Hall–Kier alpha value is -2.23. The molecule has 0 aliphatic heterocycles. The first-order chi connectivity index (χ1) is 12.3. The van der Waals surface area contributed by atoms with Crippen LogP contribution in [0.4, 0.5) is 0 Å². The molecule has 0 aliphatic rings. The number of hydrogen-bond acceptors (Lipinski definition) is 3. The highest BCUT2D eigenvalue weighted by Gasteiger charge is 2.16. The van der Waals surface area contributed by atoms with Crippen LogP contribution in [-0.4, -0.2) is 17.4 Å². The van der Waals surface area contributed by atoms with Crippen molar-refractivity contribution in [1.29, 1.82) is 0 Å². The van der Waals surface area contributed by atoms with Gasteiger partial charge in [0.05, 0.1) is 6.04 Å². The van der Waals surface area contributed by atoms with Gasteiger partial charge in [0.1, 0.15) is 5.75 Å². The van der Waals surface area contributed by atoms with Gasteiger partial charge in [0.25, 0.3) is 0 Å². The zero-order valence-corrected chi connectivity index (χ0v) is 15.0. The van der Waals surface area contributed by atoms with Gasteiger partial charge in [-0.2, -0.15) is 0 Å².